The molecule has 1 N–H and O–H groups in total. The van der Waals surface area contributed by atoms with Gasteiger partial charge < -0.3 is 14.2 Å². The normalized spacial score (nSPS) is 16.6. The summed E-state index contributed by atoms with van der Waals surface area (Å²) in [6.07, 6.45) is 2.48. The van der Waals surface area contributed by atoms with Crippen LogP contribution in [0.4, 0.5) is 0 Å². The summed E-state index contributed by atoms with van der Waals surface area (Å²) in [7, 11) is -2.10. The number of amides is 1. The molecule has 0 fully saturated rings. The molecule has 36 heavy (non-hydrogen) atoms. The molecule has 0 bridgehead atoms. The van der Waals surface area contributed by atoms with E-state index in [0.29, 0.717) is 23.7 Å². The smallest absolute Gasteiger partial charge is 0.283 e. The highest BCUT2D eigenvalue weighted by molar-refractivity contribution is 8.42. The molecule has 2 aliphatic rings. The van der Waals surface area contributed by atoms with Crippen molar-refractivity contribution in [3.05, 3.63) is 58.7 Å². The third kappa shape index (κ3) is 5.44. The van der Waals surface area contributed by atoms with Crippen molar-refractivity contribution in [1.29, 1.82) is 5.41 Å². The van der Waals surface area contributed by atoms with E-state index in [1.54, 1.807) is 18.2 Å². The highest BCUT2D eigenvalue weighted by Crippen LogP contribution is 2.32. The average molecular weight is 529 g/mol. The Balaban J connectivity index is 1.47. The Bertz CT molecular complexity index is 1450. The molecule has 12 heteroatoms. The lowest BCUT2D eigenvalue weighted by atomic mass is 10.1. The summed E-state index contributed by atoms with van der Waals surface area (Å²) < 4.78 is 40.5. The van der Waals surface area contributed by atoms with Gasteiger partial charge in [0.15, 0.2) is 17.3 Å². The predicted octanol–water partition coefficient (Wildman–Crippen LogP) is 3.39. The molecular weight excluding hydrogens is 504 g/mol. The largest absolute Gasteiger partial charge is 0.493 e. The minimum Gasteiger partial charge on any atom is -0.493 e. The van der Waals surface area contributed by atoms with Gasteiger partial charge in [0, 0.05) is 6.26 Å². The van der Waals surface area contributed by atoms with Gasteiger partial charge in [-0.2, -0.15) is 10.0 Å². The molecule has 2 aromatic rings. The van der Waals surface area contributed by atoms with E-state index in [4.69, 9.17) is 19.6 Å². The van der Waals surface area contributed by atoms with Gasteiger partial charge in [-0.3, -0.25) is 10.2 Å². The number of rotatable bonds is 7. The van der Waals surface area contributed by atoms with Crippen LogP contribution < -0.4 is 14.2 Å². The number of hydrazone groups is 1. The van der Waals surface area contributed by atoms with Crippen LogP contribution in [-0.2, 0) is 14.6 Å². The number of sulfone groups is 1. The van der Waals surface area contributed by atoms with Crippen molar-refractivity contribution in [3.63, 3.8) is 0 Å². The fraction of sp³-hybridized carbons (Fsp3) is 0.250. The average Bonchev–Trinajstić information content (AvgIpc) is 3.27. The van der Waals surface area contributed by atoms with Crippen LogP contribution in [0.1, 0.15) is 16.7 Å². The van der Waals surface area contributed by atoms with Crippen molar-refractivity contribution in [3.8, 4) is 17.2 Å². The molecule has 0 aromatic heterocycles. The summed E-state index contributed by atoms with van der Waals surface area (Å²) in [5, 5.41) is 13.4. The minimum absolute atomic E-state index is 0.0319. The second-order valence-electron chi connectivity index (χ2n) is 8.03. The Morgan fingerprint density at radius 3 is 2.47 bits per heavy atom. The van der Waals surface area contributed by atoms with Gasteiger partial charge in [-0.15, -0.1) is 5.10 Å². The lowest BCUT2D eigenvalue weighted by molar-refractivity contribution is -0.114. The standard InChI is InChI=1S/C24H24N4O6S2/c1-14-5-6-15(2)19(11-14)34-10-9-33-18-8-7-16(13-20(18)32-3)12-17-21(25)28-23(26-22(17)29)35-24(27-28)36(4,30)31/h5-8,11-13,25H,9-10H2,1-4H3/b17-12+,25-21?. The number of amidine groups is 2. The van der Waals surface area contributed by atoms with E-state index in [2.05, 4.69) is 10.1 Å². The lowest BCUT2D eigenvalue weighted by Crippen LogP contribution is -2.35. The number of aryl methyl sites for hydroxylation is 2. The van der Waals surface area contributed by atoms with E-state index < -0.39 is 15.7 Å². The molecule has 0 saturated carbocycles. The number of methoxy groups -OCH3 is 1. The van der Waals surface area contributed by atoms with Gasteiger partial charge in [0.05, 0.1) is 12.7 Å². The fourth-order valence-electron chi connectivity index (χ4n) is 3.35. The number of ether oxygens (including phenoxy) is 3. The molecule has 2 aliphatic heterocycles. The summed E-state index contributed by atoms with van der Waals surface area (Å²) in [6.45, 7) is 4.61. The van der Waals surface area contributed by atoms with Gasteiger partial charge in [0.2, 0.25) is 19.4 Å². The number of nitrogens with zero attached hydrogens (tertiary/aromatic N) is 3. The Morgan fingerprint density at radius 2 is 1.78 bits per heavy atom. The third-order valence-electron chi connectivity index (χ3n) is 5.19. The Morgan fingerprint density at radius 1 is 1.06 bits per heavy atom. The van der Waals surface area contributed by atoms with E-state index in [9.17, 15) is 13.2 Å². The maximum absolute atomic E-state index is 12.6. The van der Waals surface area contributed by atoms with Crippen LogP contribution in [0, 0.1) is 19.3 Å². The van der Waals surface area contributed by atoms with Gasteiger partial charge in [0.1, 0.15) is 19.0 Å². The number of hydrogen-bond donors (Lipinski definition) is 1. The first kappa shape index (κ1) is 25.5. The summed E-state index contributed by atoms with van der Waals surface area (Å²) in [4.78, 5) is 16.5. The number of nitrogens with one attached hydrogen (secondary N) is 1. The zero-order valence-corrected chi connectivity index (χ0v) is 21.7. The quantitative estimate of drug-likeness (QED) is 0.427. The molecule has 0 radical (unpaired) electrons. The SMILES string of the molecule is COc1cc(/C=C2\C(=N)N3N=C(S(C)(=O)=O)SC3=NC2=O)ccc1OCCOc1cc(C)ccc1C. The van der Waals surface area contributed by atoms with Crippen LogP contribution in [0.15, 0.2) is 52.1 Å². The van der Waals surface area contributed by atoms with E-state index >= 15 is 0 Å². The molecule has 0 aliphatic carbocycles. The second kappa shape index (κ2) is 10.2. The molecule has 0 spiro atoms. The number of fused-ring (bicyclic) bond motifs is 1. The van der Waals surface area contributed by atoms with Gasteiger partial charge >= 0.3 is 0 Å². The van der Waals surface area contributed by atoms with E-state index in [1.807, 2.05) is 32.0 Å². The highest BCUT2D eigenvalue weighted by Gasteiger charge is 2.38. The highest BCUT2D eigenvalue weighted by atomic mass is 32.3. The summed E-state index contributed by atoms with van der Waals surface area (Å²) in [5.74, 6) is 0.810. The minimum atomic E-state index is -3.60. The Kier molecular flexibility index (Phi) is 7.18. The van der Waals surface area contributed by atoms with Crippen molar-refractivity contribution in [2.45, 2.75) is 13.8 Å². The molecule has 2 aromatic carbocycles. The zero-order chi connectivity index (χ0) is 26.0. The van der Waals surface area contributed by atoms with Gasteiger partial charge in [-0.25, -0.2) is 8.42 Å². The first-order valence-corrected chi connectivity index (χ1v) is 13.5. The maximum atomic E-state index is 12.6. The third-order valence-corrected chi connectivity index (χ3v) is 7.77. The predicted molar refractivity (Wildman–Crippen MR) is 140 cm³/mol. The first-order valence-electron chi connectivity index (χ1n) is 10.8. The van der Waals surface area contributed by atoms with E-state index in [-0.39, 0.29) is 27.6 Å². The van der Waals surface area contributed by atoms with Gasteiger partial charge in [-0.05, 0) is 66.6 Å². The zero-order valence-electron chi connectivity index (χ0n) is 20.1. The van der Waals surface area contributed by atoms with Crippen molar-refractivity contribution in [2.75, 3.05) is 26.6 Å². The van der Waals surface area contributed by atoms with Crippen LogP contribution in [0.5, 0.6) is 17.2 Å². The maximum Gasteiger partial charge on any atom is 0.283 e. The van der Waals surface area contributed by atoms with Crippen LogP contribution in [0.3, 0.4) is 0 Å². The Labute approximate surface area is 213 Å². The molecule has 10 nitrogen and oxygen atoms in total. The van der Waals surface area contributed by atoms with Crippen LogP contribution >= 0.6 is 11.8 Å². The molecule has 0 saturated heterocycles. The van der Waals surface area contributed by atoms with E-state index in [0.717, 1.165) is 39.9 Å². The van der Waals surface area contributed by atoms with Gasteiger partial charge in [0.25, 0.3) is 5.91 Å². The summed E-state index contributed by atoms with van der Waals surface area (Å²) in [5.41, 5.74) is 2.69. The molecule has 0 atom stereocenters. The molecule has 0 unspecified atom stereocenters. The van der Waals surface area contributed by atoms with E-state index in [1.165, 1.54) is 13.2 Å². The van der Waals surface area contributed by atoms with Crippen molar-refractivity contribution >= 4 is 49.0 Å². The van der Waals surface area contributed by atoms with Crippen molar-refractivity contribution in [2.24, 2.45) is 10.1 Å². The number of hydrogen-bond acceptors (Lipinski definition) is 9. The van der Waals surface area contributed by atoms with Crippen LogP contribution in [0.2, 0.25) is 0 Å². The molecule has 188 valence electrons. The second-order valence-corrected chi connectivity index (χ2v) is 11.2. The van der Waals surface area contributed by atoms with Crippen molar-refractivity contribution in [1.82, 2.24) is 5.01 Å². The monoisotopic (exact) mass is 528 g/mol. The number of carbonyl (C=O) groups is 1. The molecule has 2 heterocycles. The molecular formula is C24H24N4O6S2. The van der Waals surface area contributed by atoms with Crippen LogP contribution in [-0.4, -0.2) is 61.3 Å². The number of benzene rings is 2. The molecule has 1 amide bonds. The summed E-state index contributed by atoms with van der Waals surface area (Å²) in [6, 6.07) is 11.1. The van der Waals surface area contributed by atoms with Crippen molar-refractivity contribution < 1.29 is 27.4 Å². The number of thioether (sulfide) groups is 1. The fourth-order valence-corrected chi connectivity index (χ4v) is 5.04. The lowest BCUT2D eigenvalue weighted by Gasteiger charge is -2.20. The molecule has 4 rings (SSSR count). The summed E-state index contributed by atoms with van der Waals surface area (Å²) >= 11 is 0.737. The number of carbonyl (C=O) groups excluding carboxylic acids is 1. The topological polar surface area (TPSA) is 131 Å². The van der Waals surface area contributed by atoms with Crippen LogP contribution in [0.25, 0.3) is 6.08 Å². The number of aliphatic imine (C=N–C) groups is 1. The van der Waals surface area contributed by atoms with Gasteiger partial charge in [-0.1, -0.05) is 18.2 Å². The Hall–Kier alpha value is -3.64. The first-order chi connectivity index (χ1) is 17.1.